The van der Waals surface area contributed by atoms with Crippen LogP contribution in [0, 0.1) is 5.82 Å². The molecule has 1 aliphatic carbocycles. The van der Waals surface area contributed by atoms with Crippen molar-refractivity contribution in [1.82, 2.24) is 5.32 Å². The second kappa shape index (κ2) is 7.15. The first-order chi connectivity index (χ1) is 12.4. The summed E-state index contributed by atoms with van der Waals surface area (Å²) in [5, 5.41) is 12.0. The number of amides is 1. The van der Waals surface area contributed by atoms with Crippen molar-refractivity contribution in [2.75, 3.05) is 7.11 Å². The number of methoxy groups -OCH3 is 1. The van der Waals surface area contributed by atoms with Crippen molar-refractivity contribution < 1.29 is 23.8 Å². The standard InChI is InChI=1S/C20H20FNO4/c1-26-15-7-4-13(5-8-15)14-6-9-16(17(21)12-14)18(23)22-20(19(24)25)10-2-3-11-20/h4-9,12H,2-3,10-11H2,1H3,(H,22,23)(H,24,25). The maximum Gasteiger partial charge on any atom is 0.329 e. The smallest absolute Gasteiger partial charge is 0.329 e. The van der Waals surface area contributed by atoms with Crippen molar-refractivity contribution in [3.05, 3.63) is 53.8 Å². The zero-order chi connectivity index (χ0) is 18.7. The van der Waals surface area contributed by atoms with Crippen LogP contribution in [0.5, 0.6) is 5.75 Å². The zero-order valence-electron chi connectivity index (χ0n) is 14.4. The van der Waals surface area contributed by atoms with Gasteiger partial charge in [0, 0.05) is 0 Å². The number of ether oxygens (including phenoxy) is 1. The maximum atomic E-state index is 14.5. The molecule has 0 atom stereocenters. The van der Waals surface area contributed by atoms with Crippen LogP contribution in [0.15, 0.2) is 42.5 Å². The van der Waals surface area contributed by atoms with Crippen molar-refractivity contribution in [2.45, 2.75) is 31.2 Å². The van der Waals surface area contributed by atoms with Gasteiger partial charge in [0.2, 0.25) is 0 Å². The lowest BCUT2D eigenvalue weighted by Crippen LogP contribution is -2.52. The molecule has 0 saturated heterocycles. The molecule has 0 bridgehead atoms. The van der Waals surface area contributed by atoms with Gasteiger partial charge in [-0.15, -0.1) is 0 Å². The number of carbonyl (C=O) groups excluding carboxylic acids is 1. The molecule has 136 valence electrons. The monoisotopic (exact) mass is 357 g/mol. The predicted octanol–water partition coefficient (Wildman–Crippen LogP) is 3.63. The fraction of sp³-hybridized carbons (Fsp3) is 0.300. The number of halogens is 1. The number of carboxylic acids is 1. The van der Waals surface area contributed by atoms with Gasteiger partial charge in [-0.2, -0.15) is 0 Å². The molecule has 0 spiro atoms. The number of benzene rings is 2. The van der Waals surface area contributed by atoms with E-state index in [2.05, 4.69) is 5.32 Å². The molecule has 5 nitrogen and oxygen atoms in total. The van der Waals surface area contributed by atoms with E-state index in [0.29, 0.717) is 24.2 Å². The van der Waals surface area contributed by atoms with Crippen molar-refractivity contribution in [2.24, 2.45) is 0 Å². The largest absolute Gasteiger partial charge is 0.497 e. The van der Waals surface area contributed by atoms with Gasteiger partial charge in [-0.25, -0.2) is 9.18 Å². The van der Waals surface area contributed by atoms with Crippen LogP contribution >= 0.6 is 0 Å². The van der Waals surface area contributed by atoms with Gasteiger partial charge >= 0.3 is 5.97 Å². The van der Waals surface area contributed by atoms with Crippen LogP contribution in [0.4, 0.5) is 4.39 Å². The van der Waals surface area contributed by atoms with E-state index in [4.69, 9.17) is 4.74 Å². The number of nitrogens with one attached hydrogen (secondary N) is 1. The fourth-order valence-electron chi connectivity index (χ4n) is 3.32. The van der Waals surface area contributed by atoms with Crippen molar-refractivity contribution >= 4 is 11.9 Å². The van der Waals surface area contributed by atoms with E-state index in [-0.39, 0.29) is 5.56 Å². The summed E-state index contributed by atoms with van der Waals surface area (Å²) >= 11 is 0. The number of carbonyl (C=O) groups is 2. The minimum absolute atomic E-state index is 0.158. The van der Waals surface area contributed by atoms with Crippen LogP contribution in [0.25, 0.3) is 11.1 Å². The third-order valence-electron chi connectivity index (χ3n) is 4.86. The first kappa shape index (κ1) is 17.9. The number of hydrogen-bond donors (Lipinski definition) is 2. The average Bonchev–Trinajstić information content (AvgIpc) is 3.11. The van der Waals surface area contributed by atoms with Gasteiger partial charge in [0.25, 0.3) is 5.91 Å². The lowest BCUT2D eigenvalue weighted by molar-refractivity contribution is -0.144. The van der Waals surface area contributed by atoms with E-state index < -0.39 is 23.2 Å². The Labute approximate surface area is 150 Å². The van der Waals surface area contributed by atoms with Crippen molar-refractivity contribution in [3.63, 3.8) is 0 Å². The highest BCUT2D eigenvalue weighted by Gasteiger charge is 2.43. The number of carboxylic acid groups (broad SMARTS) is 1. The normalized spacial score (nSPS) is 15.5. The first-order valence-electron chi connectivity index (χ1n) is 8.45. The molecule has 0 heterocycles. The van der Waals surface area contributed by atoms with Crippen molar-refractivity contribution in [1.29, 1.82) is 0 Å². The quantitative estimate of drug-likeness (QED) is 0.857. The summed E-state index contributed by atoms with van der Waals surface area (Å²) in [4.78, 5) is 24.0. The number of rotatable bonds is 5. The van der Waals surface area contributed by atoms with Crippen LogP contribution in [0.2, 0.25) is 0 Å². The Morgan fingerprint density at radius 2 is 1.69 bits per heavy atom. The molecule has 2 aromatic rings. The Kier molecular flexibility index (Phi) is 4.93. The summed E-state index contributed by atoms with van der Waals surface area (Å²) in [5.74, 6) is -1.76. The molecule has 0 aliphatic heterocycles. The summed E-state index contributed by atoms with van der Waals surface area (Å²) in [6, 6.07) is 11.4. The summed E-state index contributed by atoms with van der Waals surface area (Å²) in [5.41, 5.74) is -0.0437. The third-order valence-corrected chi connectivity index (χ3v) is 4.86. The second-order valence-electron chi connectivity index (χ2n) is 6.47. The summed E-state index contributed by atoms with van der Waals surface area (Å²) in [7, 11) is 1.57. The molecule has 3 rings (SSSR count). The van der Waals surface area contributed by atoms with E-state index >= 15 is 0 Å². The van der Waals surface area contributed by atoms with Gasteiger partial charge < -0.3 is 15.2 Å². The minimum atomic E-state index is -1.29. The molecule has 2 N–H and O–H groups in total. The average molecular weight is 357 g/mol. The highest BCUT2D eigenvalue weighted by atomic mass is 19.1. The SMILES string of the molecule is COc1ccc(-c2ccc(C(=O)NC3(C(=O)O)CCCC3)c(F)c2)cc1. The molecule has 0 aromatic heterocycles. The van der Waals surface area contributed by atoms with Gasteiger partial charge in [0.05, 0.1) is 12.7 Å². The highest BCUT2D eigenvalue weighted by Crippen LogP contribution is 2.31. The van der Waals surface area contributed by atoms with E-state index in [1.807, 2.05) is 0 Å². The molecule has 0 radical (unpaired) electrons. The molecular formula is C20H20FNO4. The van der Waals surface area contributed by atoms with Gasteiger partial charge in [-0.1, -0.05) is 31.0 Å². The molecule has 1 fully saturated rings. The Balaban J connectivity index is 1.82. The Morgan fingerprint density at radius 1 is 1.08 bits per heavy atom. The lowest BCUT2D eigenvalue weighted by Gasteiger charge is -2.25. The second-order valence-corrected chi connectivity index (χ2v) is 6.47. The minimum Gasteiger partial charge on any atom is -0.497 e. The van der Waals surface area contributed by atoms with Gasteiger partial charge in [0.1, 0.15) is 17.1 Å². The Hall–Kier alpha value is -2.89. The molecule has 1 amide bonds. The summed E-state index contributed by atoms with van der Waals surface area (Å²) in [6.07, 6.45) is 2.18. The number of hydrogen-bond acceptors (Lipinski definition) is 3. The van der Waals surface area contributed by atoms with Crippen LogP contribution in [-0.2, 0) is 4.79 Å². The maximum absolute atomic E-state index is 14.5. The van der Waals surface area contributed by atoms with Gasteiger partial charge in [0.15, 0.2) is 0 Å². The van der Waals surface area contributed by atoms with E-state index in [1.165, 1.54) is 12.1 Å². The van der Waals surface area contributed by atoms with E-state index in [9.17, 15) is 19.1 Å². The first-order valence-corrected chi connectivity index (χ1v) is 8.45. The molecule has 1 saturated carbocycles. The van der Waals surface area contributed by atoms with Crippen LogP contribution in [-0.4, -0.2) is 29.6 Å². The van der Waals surface area contributed by atoms with Gasteiger partial charge in [-0.05, 0) is 48.2 Å². The number of aliphatic carboxylic acids is 1. The van der Waals surface area contributed by atoms with Crippen LogP contribution in [0.1, 0.15) is 36.0 Å². The van der Waals surface area contributed by atoms with Crippen molar-refractivity contribution in [3.8, 4) is 16.9 Å². The molecule has 26 heavy (non-hydrogen) atoms. The summed E-state index contributed by atoms with van der Waals surface area (Å²) in [6.45, 7) is 0. The van der Waals surface area contributed by atoms with E-state index in [1.54, 1.807) is 37.4 Å². The third kappa shape index (κ3) is 3.40. The topological polar surface area (TPSA) is 75.6 Å². The lowest BCUT2D eigenvalue weighted by atomic mass is 9.96. The Bertz CT molecular complexity index is 826. The highest BCUT2D eigenvalue weighted by molar-refractivity contribution is 5.98. The van der Waals surface area contributed by atoms with E-state index in [0.717, 1.165) is 18.4 Å². The Morgan fingerprint density at radius 3 is 2.23 bits per heavy atom. The molecular weight excluding hydrogens is 337 g/mol. The molecule has 1 aliphatic rings. The predicted molar refractivity (Wildman–Crippen MR) is 94.7 cm³/mol. The van der Waals surface area contributed by atoms with Crippen LogP contribution < -0.4 is 10.1 Å². The fourth-order valence-corrected chi connectivity index (χ4v) is 3.32. The van der Waals surface area contributed by atoms with Crippen LogP contribution in [0.3, 0.4) is 0 Å². The molecule has 2 aromatic carbocycles. The molecule has 6 heteroatoms. The van der Waals surface area contributed by atoms with Gasteiger partial charge in [-0.3, -0.25) is 4.79 Å². The zero-order valence-corrected chi connectivity index (χ0v) is 14.4. The summed E-state index contributed by atoms with van der Waals surface area (Å²) < 4.78 is 19.6. The molecule has 0 unspecified atom stereocenters.